The van der Waals surface area contributed by atoms with Gasteiger partial charge in [-0.2, -0.15) is 0 Å². The van der Waals surface area contributed by atoms with Crippen molar-refractivity contribution in [3.05, 3.63) is 66.5 Å². The molecular formula is C16H17N5. The van der Waals surface area contributed by atoms with Crippen LogP contribution in [0, 0.1) is 6.92 Å². The Morgan fingerprint density at radius 2 is 1.95 bits per heavy atom. The van der Waals surface area contributed by atoms with Crippen LogP contribution in [0.25, 0.3) is 5.82 Å². The smallest absolute Gasteiger partial charge is 0.159 e. The lowest BCUT2D eigenvalue weighted by Gasteiger charge is -2.15. The van der Waals surface area contributed by atoms with Gasteiger partial charge in [-0.1, -0.05) is 30.3 Å². The monoisotopic (exact) mass is 279 g/mol. The Hall–Kier alpha value is -2.69. The highest BCUT2D eigenvalue weighted by atomic mass is 15.2. The van der Waals surface area contributed by atoms with Crippen molar-refractivity contribution >= 4 is 5.82 Å². The summed E-state index contributed by atoms with van der Waals surface area (Å²) < 4.78 is 1.91. The van der Waals surface area contributed by atoms with Gasteiger partial charge in [-0.05, 0) is 19.4 Å². The van der Waals surface area contributed by atoms with Gasteiger partial charge in [-0.25, -0.2) is 9.97 Å². The molecule has 0 saturated heterocycles. The molecule has 1 aromatic carbocycles. The van der Waals surface area contributed by atoms with E-state index in [1.807, 2.05) is 35.9 Å². The fourth-order valence-electron chi connectivity index (χ4n) is 2.21. The van der Waals surface area contributed by atoms with E-state index in [0.29, 0.717) is 0 Å². The number of aryl methyl sites for hydroxylation is 1. The van der Waals surface area contributed by atoms with E-state index in [0.717, 1.165) is 17.5 Å². The number of rotatable bonds is 4. The van der Waals surface area contributed by atoms with Gasteiger partial charge in [0.1, 0.15) is 11.6 Å². The molecule has 0 amide bonds. The van der Waals surface area contributed by atoms with E-state index in [1.54, 1.807) is 18.6 Å². The predicted octanol–water partition coefficient (Wildman–Crippen LogP) is 3.14. The molecular weight excluding hydrogens is 262 g/mol. The van der Waals surface area contributed by atoms with Gasteiger partial charge in [0.25, 0.3) is 0 Å². The zero-order valence-electron chi connectivity index (χ0n) is 12.1. The highest BCUT2D eigenvalue weighted by Crippen LogP contribution is 2.18. The van der Waals surface area contributed by atoms with Gasteiger partial charge < -0.3 is 5.32 Å². The molecule has 0 fully saturated rings. The molecule has 0 aliphatic rings. The molecule has 5 nitrogen and oxygen atoms in total. The molecule has 2 aromatic heterocycles. The second kappa shape index (κ2) is 5.75. The summed E-state index contributed by atoms with van der Waals surface area (Å²) in [4.78, 5) is 13.1. The van der Waals surface area contributed by atoms with E-state index >= 15 is 0 Å². The summed E-state index contributed by atoms with van der Waals surface area (Å²) in [6.45, 7) is 4.04. The van der Waals surface area contributed by atoms with Crippen molar-refractivity contribution in [2.24, 2.45) is 0 Å². The Balaban J connectivity index is 1.82. The van der Waals surface area contributed by atoms with Gasteiger partial charge in [0, 0.05) is 18.4 Å². The van der Waals surface area contributed by atoms with E-state index in [9.17, 15) is 0 Å². The first-order valence-corrected chi connectivity index (χ1v) is 6.88. The molecule has 0 unspecified atom stereocenters. The average Bonchev–Trinajstić information content (AvgIpc) is 2.94. The van der Waals surface area contributed by atoms with Crippen LogP contribution in [0.4, 0.5) is 5.82 Å². The molecule has 0 aliphatic heterocycles. The van der Waals surface area contributed by atoms with E-state index in [4.69, 9.17) is 0 Å². The summed E-state index contributed by atoms with van der Waals surface area (Å²) >= 11 is 0. The average molecular weight is 279 g/mol. The summed E-state index contributed by atoms with van der Waals surface area (Å²) in [5.74, 6) is 2.39. The highest BCUT2D eigenvalue weighted by Gasteiger charge is 2.08. The molecule has 0 spiro atoms. The Kier molecular flexibility index (Phi) is 3.64. The maximum atomic E-state index is 4.59. The minimum absolute atomic E-state index is 0.166. The minimum Gasteiger partial charge on any atom is -0.362 e. The molecule has 1 atom stereocenters. The van der Waals surface area contributed by atoms with Crippen molar-refractivity contribution in [3.63, 3.8) is 0 Å². The summed E-state index contributed by atoms with van der Waals surface area (Å²) in [6, 6.07) is 10.4. The molecule has 5 heteroatoms. The third-order valence-corrected chi connectivity index (χ3v) is 3.36. The number of hydrogen-bond donors (Lipinski definition) is 1. The second-order valence-electron chi connectivity index (χ2n) is 4.88. The van der Waals surface area contributed by atoms with Gasteiger partial charge in [-0.3, -0.25) is 9.55 Å². The van der Waals surface area contributed by atoms with Gasteiger partial charge in [0.05, 0.1) is 12.4 Å². The standard InChI is InChI=1S/C16H17N5/c1-12(14-6-4-3-5-7-14)19-15-10-17-11-16(20-15)21-9-8-18-13(21)2/h3-12H,1-2H3,(H,19,20)/t12-/m1/s1. The lowest BCUT2D eigenvalue weighted by Crippen LogP contribution is -2.09. The fraction of sp³-hybridized carbons (Fsp3) is 0.188. The van der Waals surface area contributed by atoms with Crippen LogP contribution in [-0.4, -0.2) is 19.5 Å². The van der Waals surface area contributed by atoms with Crippen LogP contribution in [-0.2, 0) is 0 Å². The number of nitrogens with one attached hydrogen (secondary N) is 1. The van der Waals surface area contributed by atoms with Crippen LogP contribution in [0.2, 0.25) is 0 Å². The number of aromatic nitrogens is 4. The molecule has 0 saturated carbocycles. The lowest BCUT2D eigenvalue weighted by atomic mass is 10.1. The van der Waals surface area contributed by atoms with Gasteiger partial charge >= 0.3 is 0 Å². The molecule has 3 aromatic rings. The van der Waals surface area contributed by atoms with Crippen LogP contribution >= 0.6 is 0 Å². The summed E-state index contributed by atoms with van der Waals surface area (Å²) in [5, 5.41) is 3.37. The Morgan fingerprint density at radius 3 is 2.67 bits per heavy atom. The highest BCUT2D eigenvalue weighted by molar-refractivity contribution is 5.39. The maximum Gasteiger partial charge on any atom is 0.159 e. The van der Waals surface area contributed by atoms with E-state index in [1.165, 1.54) is 5.56 Å². The molecule has 0 radical (unpaired) electrons. The fourth-order valence-corrected chi connectivity index (χ4v) is 2.21. The Morgan fingerprint density at radius 1 is 1.14 bits per heavy atom. The SMILES string of the molecule is Cc1nccn1-c1cncc(N[C@H](C)c2ccccc2)n1. The van der Waals surface area contributed by atoms with Gasteiger partial charge in [0.15, 0.2) is 5.82 Å². The molecule has 106 valence electrons. The topological polar surface area (TPSA) is 55.6 Å². The lowest BCUT2D eigenvalue weighted by molar-refractivity contribution is 0.858. The maximum absolute atomic E-state index is 4.59. The van der Waals surface area contributed by atoms with Gasteiger partial charge in [0.2, 0.25) is 0 Å². The second-order valence-corrected chi connectivity index (χ2v) is 4.88. The van der Waals surface area contributed by atoms with E-state index < -0.39 is 0 Å². The van der Waals surface area contributed by atoms with Crippen molar-refractivity contribution in [2.75, 3.05) is 5.32 Å². The molecule has 0 bridgehead atoms. The summed E-state index contributed by atoms with van der Waals surface area (Å²) in [5.41, 5.74) is 1.21. The third kappa shape index (κ3) is 2.91. The number of benzene rings is 1. The molecule has 21 heavy (non-hydrogen) atoms. The first-order chi connectivity index (χ1) is 10.2. The Labute approximate surface area is 123 Å². The molecule has 2 heterocycles. The molecule has 3 rings (SSSR count). The van der Waals surface area contributed by atoms with Crippen LogP contribution in [0.1, 0.15) is 24.4 Å². The van der Waals surface area contributed by atoms with Crippen molar-refractivity contribution < 1.29 is 0 Å². The van der Waals surface area contributed by atoms with Crippen molar-refractivity contribution in [3.8, 4) is 5.82 Å². The molecule has 0 aliphatic carbocycles. The zero-order chi connectivity index (χ0) is 14.7. The number of imidazole rings is 1. The quantitative estimate of drug-likeness (QED) is 0.797. The van der Waals surface area contributed by atoms with E-state index in [2.05, 4.69) is 39.3 Å². The van der Waals surface area contributed by atoms with Gasteiger partial charge in [-0.15, -0.1) is 0 Å². The zero-order valence-corrected chi connectivity index (χ0v) is 12.1. The van der Waals surface area contributed by atoms with Crippen LogP contribution in [0.5, 0.6) is 0 Å². The van der Waals surface area contributed by atoms with E-state index in [-0.39, 0.29) is 6.04 Å². The largest absolute Gasteiger partial charge is 0.362 e. The third-order valence-electron chi connectivity index (χ3n) is 3.36. The van der Waals surface area contributed by atoms with Crippen molar-refractivity contribution in [1.82, 2.24) is 19.5 Å². The number of anilines is 1. The number of nitrogens with zero attached hydrogens (tertiary/aromatic N) is 4. The summed E-state index contributed by atoms with van der Waals surface area (Å²) in [6.07, 6.45) is 7.09. The predicted molar refractivity (Wildman–Crippen MR) is 82.4 cm³/mol. The minimum atomic E-state index is 0.166. The summed E-state index contributed by atoms with van der Waals surface area (Å²) in [7, 11) is 0. The Bertz CT molecular complexity index is 720. The molecule has 1 N–H and O–H groups in total. The van der Waals surface area contributed by atoms with Crippen molar-refractivity contribution in [1.29, 1.82) is 0 Å². The normalized spacial score (nSPS) is 12.1. The first kappa shape index (κ1) is 13.3. The van der Waals surface area contributed by atoms with Crippen LogP contribution in [0.15, 0.2) is 55.1 Å². The van der Waals surface area contributed by atoms with Crippen molar-refractivity contribution in [2.45, 2.75) is 19.9 Å². The van der Waals surface area contributed by atoms with Crippen LogP contribution in [0.3, 0.4) is 0 Å². The first-order valence-electron chi connectivity index (χ1n) is 6.88. The van der Waals surface area contributed by atoms with Crippen LogP contribution < -0.4 is 5.32 Å². The number of hydrogen-bond acceptors (Lipinski definition) is 4.